The average molecular weight is 358 g/mol. The molecule has 3 rings (SSSR count). The summed E-state index contributed by atoms with van der Waals surface area (Å²) >= 11 is 5.99. The molecule has 0 bridgehead atoms. The van der Waals surface area contributed by atoms with Crippen molar-refractivity contribution in [3.05, 3.63) is 64.9 Å². The van der Waals surface area contributed by atoms with Crippen LogP contribution in [-0.2, 0) is 14.3 Å². The fourth-order valence-electron chi connectivity index (χ4n) is 2.50. The number of fused-ring (bicyclic) bond motifs is 1. The summed E-state index contributed by atoms with van der Waals surface area (Å²) < 4.78 is 10.7. The SMILES string of the molecule is CCOC(=O)CN1C(=O)/C(=C\c2cccc(Cl)c2)Oc2ccccc21. The highest BCUT2D eigenvalue weighted by molar-refractivity contribution is 6.30. The van der Waals surface area contributed by atoms with E-state index in [1.807, 2.05) is 6.07 Å². The Morgan fingerprint density at radius 3 is 2.80 bits per heavy atom. The van der Waals surface area contributed by atoms with Gasteiger partial charge in [0.15, 0.2) is 11.5 Å². The van der Waals surface area contributed by atoms with Gasteiger partial charge in [-0.1, -0.05) is 35.9 Å². The molecule has 0 aromatic heterocycles. The molecule has 0 unspecified atom stereocenters. The van der Waals surface area contributed by atoms with Gasteiger partial charge in [0, 0.05) is 5.02 Å². The molecule has 25 heavy (non-hydrogen) atoms. The molecule has 128 valence electrons. The smallest absolute Gasteiger partial charge is 0.326 e. The van der Waals surface area contributed by atoms with E-state index in [0.717, 1.165) is 5.56 Å². The summed E-state index contributed by atoms with van der Waals surface area (Å²) in [4.78, 5) is 26.0. The Bertz CT molecular complexity index is 847. The molecule has 1 amide bonds. The average Bonchev–Trinajstić information content (AvgIpc) is 2.59. The van der Waals surface area contributed by atoms with Crippen molar-refractivity contribution < 1.29 is 19.1 Å². The Hall–Kier alpha value is -2.79. The second-order valence-electron chi connectivity index (χ2n) is 5.33. The minimum Gasteiger partial charge on any atom is -0.465 e. The zero-order valence-corrected chi connectivity index (χ0v) is 14.3. The van der Waals surface area contributed by atoms with Crippen LogP contribution in [0.3, 0.4) is 0 Å². The van der Waals surface area contributed by atoms with Gasteiger partial charge in [0.25, 0.3) is 5.91 Å². The van der Waals surface area contributed by atoms with Gasteiger partial charge in [-0.2, -0.15) is 0 Å². The summed E-state index contributed by atoms with van der Waals surface area (Å²) in [5.41, 5.74) is 1.26. The number of ether oxygens (including phenoxy) is 2. The number of para-hydroxylation sites is 2. The van der Waals surface area contributed by atoms with Crippen molar-refractivity contribution in [2.45, 2.75) is 6.92 Å². The molecule has 0 radical (unpaired) electrons. The zero-order chi connectivity index (χ0) is 17.8. The molecule has 0 fully saturated rings. The topological polar surface area (TPSA) is 55.8 Å². The standard InChI is InChI=1S/C19H16ClNO4/c1-2-24-18(22)12-21-15-8-3-4-9-16(15)25-17(19(21)23)11-13-6-5-7-14(20)10-13/h3-11H,2,12H2,1H3/b17-11+. The maximum Gasteiger partial charge on any atom is 0.326 e. The van der Waals surface area contributed by atoms with Crippen LogP contribution in [0.1, 0.15) is 12.5 Å². The van der Waals surface area contributed by atoms with Gasteiger partial charge in [-0.3, -0.25) is 14.5 Å². The zero-order valence-electron chi connectivity index (χ0n) is 13.6. The summed E-state index contributed by atoms with van der Waals surface area (Å²) in [6.07, 6.45) is 1.60. The van der Waals surface area contributed by atoms with Crippen LogP contribution in [0.25, 0.3) is 6.08 Å². The number of nitrogens with zero attached hydrogens (tertiary/aromatic N) is 1. The molecule has 0 spiro atoms. The molecule has 0 atom stereocenters. The molecule has 0 saturated heterocycles. The van der Waals surface area contributed by atoms with Crippen LogP contribution >= 0.6 is 11.6 Å². The Kier molecular flexibility index (Phi) is 5.05. The van der Waals surface area contributed by atoms with Gasteiger partial charge in [-0.05, 0) is 42.8 Å². The lowest BCUT2D eigenvalue weighted by molar-refractivity contribution is -0.142. The van der Waals surface area contributed by atoms with Crippen molar-refractivity contribution in [3.8, 4) is 5.75 Å². The van der Waals surface area contributed by atoms with E-state index in [9.17, 15) is 9.59 Å². The van der Waals surface area contributed by atoms with Crippen LogP contribution < -0.4 is 9.64 Å². The third kappa shape index (κ3) is 3.83. The van der Waals surface area contributed by atoms with E-state index >= 15 is 0 Å². The van der Waals surface area contributed by atoms with Crippen molar-refractivity contribution in [1.29, 1.82) is 0 Å². The fraction of sp³-hybridized carbons (Fsp3) is 0.158. The van der Waals surface area contributed by atoms with Crippen molar-refractivity contribution in [2.24, 2.45) is 0 Å². The van der Waals surface area contributed by atoms with Crippen LogP contribution in [0.5, 0.6) is 5.75 Å². The Balaban J connectivity index is 1.97. The van der Waals surface area contributed by atoms with E-state index < -0.39 is 11.9 Å². The number of carbonyl (C=O) groups excluding carboxylic acids is 2. The van der Waals surface area contributed by atoms with E-state index in [1.54, 1.807) is 55.5 Å². The highest BCUT2D eigenvalue weighted by Gasteiger charge is 2.31. The summed E-state index contributed by atoms with van der Waals surface area (Å²) in [5, 5.41) is 0.557. The molecule has 1 heterocycles. The van der Waals surface area contributed by atoms with Gasteiger partial charge in [0.05, 0.1) is 12.3 Å². The predicted molar refractivity (Wildman–Crippen MR) is 95.5 cm³/mol. The monoisotopic (exact) mass is 357 g/mol. The number of anilines is 1. The molecule has 2 aromatic rings. The van der Waals surface area contributed by atoms with Crippen molar-refractivity contribution >= 4 is 35.2 Å². The van der Waals surface area contributed by atoms with Crippen molar-refractivity contribution in [2.75, 3.05) is 18.1 Å². The molecule has 1 aliphatic heterocycles. The highest BCUT2D eigenvalue weighted by atomic mass is 35.5. The van der Waals surface area contributed by atoms with Gasteiger partial charge in [0.2, 0.25) is 0 Å². The minimum absolute atomic E-state index is 0.116. The summed E-state index contributed by atoms with van der Waals surface area (Å²) in [6.45, 7) is 1.79. The van der Waals surface area contributed by atoms with Crippen LogP contribution in [0.4, 0.5) is 5.69 Å². The molecule has 0 aliphatic carbocycles. The molecule has 2 aromatic carbocycles. The second-order valence-corrected chi connectivity index (χ2v) is 5.77. The van der Waals surface area contributed by atoms with Crippen molar-refractivity contribution in [1.82, 2.24) is 0 Å². The van der Waals surface area contributed by atoms with Gasteiger partial charge in [-0.25, -0.2) is 0 Å². The number of benzene rings is 2. The second kappa shape index (κ2) is 7.40. The third-order valence-electron chi connectivity index (χ3n) is 3.57. The van der Waals surface area contributed by atoms with Crippen LogP contribution in [-0.4, -0.2) is 25.0 Å². The summed E-state index contributed by atoms with van der Waals surface area (Å²) in [7, 11) is 0. The Labute approximate surface area is 150 Å². The molecule has 5 nitrogen and oxygen atoms in total. The first-order valence-electron chi connectivity index (χ1n) is 7.80. The first kappa shape index (κ1) is 17.0. The van der Waals surface area contributed by atoms with E-state index in [-0.39, 0.29) is 18.9 Å². The van der Waals surface area contributed by atoms with Gasteiger partial charge in [0.1, 0.15) is 6.54 Å². The number of halogens is 1. The highest BCUT2D eigenvalue weighted by Crippen LogP contribution is 2.35. The molecule has 6 heteroatoms. The summed E-state index contributed by atoms with van der Waals surface area (Å²) in [6, 6.07) is 14.1. The molecule has 1 aliphatic rings. The maximum absolute atomic E-state index is 12.8. The molecule has 0 saturated carbocycles. The largest absolute Gasteiger partial charge is 0.465 e. The predicted octanol–water partition coefficient (Wildman–Crippen LogP) is 3.67. The van der Waals surface area contributed by atoms with Crippen LogP contribution in [0.15, 0.2) is 54.3 Å². The number of rotatable bonds is 4. The normalized spacial score (nSPS) is 14.9. The molecular formula is C19H16ClNO4. The Morgan fingerprint density at radius 2 is 2.04 bits per heavy atom. The number of amides is 1. The number of esters is 1. The molecular weight excluding hydrogens is 342 g/mol. The van der Waals surface area contributed by atoms with Gasteiger partial charge < -0.3 is 9.47 Å². The fourth-order valence-corrected chi connectivity index (χ4v) is 2.70. The number of hydrogen-bond acceptors (Lipinski definition) is 4. The van der Waals surface area contributed by atoms with E-state index in [2.05, 4.69) is 0 Å². The number of carbonyl (C=O) groups is 2. The number of hydrogen-bond donors (Lipinski definition) is 0. The summed E-state index contributed by atoms with van der Waals surface area (Å²) in [5.74, 6) is -0.272. The minimum atomic E-state index is -0.477. The van der Waals surface area contributed by atoms with Gasteiger partial charge in [-0.15, -0.1) is 0 Å². The lowest BCUT2D eigenvalue weighted by Crippen LogP contribution is -2.41. The quantitative estimate of drug-likeness (QED) is 0.619. The van der Waals surface area contributed by atoms with E-state index in [4.69, 9.17) is 21.1 Å². The molecule has 0 N–H and O–H groups in total. The van der Waals surface area contributed by atoms with Crippen LogP contribution in [0, 0.1) is 0 Å². The lowest BCUT2D eigenvalue weighted by atomic mass is 10.1. The third-order valence-corrected chi connectivity index (χ3v) is 3.81. The van der Waals surface area contributed by atoms with E-state index in [1.165, 1.54) is 4.90 Å². The maximum atomic E-state index is 12.8. The first-order chi connectivity index (χ1) is 12.1. The van der Waals surface area contributed by atoms with Crippen molar-refractivity contribution in [3.63, 3.8) is 0 Å². The van der Waals surface area contributed by atoms with E-state index in [0.29, 0.717) is 16.5 Å². The first-order valence-corrected chi connectivity index (χ1v) is 8.18. The van der Waals surface area contributed by atoms with Gasteiger partial charge >= 0.3 is 5.97 Å². The van der Waals surface area contributed by atoms with Crippen LogP contribution in [0.2, 0.25) is 5.02 Å². The Morgan fingerprint density at radius 1 is 1.24 bits per heavy atom. The lowest BCUT2D eigenvalue weighted by Gasteiger charge is -2.29.